The maximum atomic E-state index is 13.3. The van der Waals surface area contributed by atoms with E-state index in [0.717, 1.165) is 16.1 Å². The number of nitrogens with one attached hydrogen (secondary N) is 1. The second-order valence-corrected chi connectivity index (χ2v) is 7.33. The summed E-state index contributed by atoms with van der Waals surface area (Å²) in [5.74, 6) is -0.326. The fourth-order valence-electron chi connectivity index (χ4n) is 2.83. The van der Waals surface area contributed by atoms with Gasteiger partial charge in [-0.1, -0.05) is 30.3 Å². The third-order valence-corrected chi connectivity index (χ3v) is 5.09. The van der Waals surface area contributed by atoms with Crippen molar-refractivity contribution >= 4 is 22.4 Å². The molecule has 4 rings (SSSR count). The molecule has 0 aliphatic rings. The summed E-state index contributed by atoms with van der Waals surface area (Å²) >= 11 is 1.33. The van der Waals surface area contributed by atoms with E-state index in [1.165, 1.54) is 30.6 Å². The molecule has 6 nitrogen and oxygen atoms in total. The summed E-state index contributed by atoms with van der Waals surface area (Å²) in [6.07, 6.45) is 3.86. The molecule has 0 aliphatic heterocycles. The molecule has 0 aliphatic carbocycles. The average Bonchev–Trinajstić information content (AvgIpc) is 3.35. The van der Waals surface area contributed by atoms with Crippen molar-refractivity contribution in [3.05, 3.63) is 88.9 Å². The minimum Gasteiger partial charge on any atom is -0.493 e. The molecule has 4 aromatic rings. The van der Waals surface area contributed by atoms with Crippen LogP contribution < -0.4 is 10.1 Å². The first-order valence-electron chi connectivity index (χ1n) is 8.82. The smallest absolute Gasteiger partial charge is 0.281 e. The molecule has 29 heavy (non-hydrogen) atoms. The van der Waals surface area contributed by atoms with E-state index in [2.05, 4.69) is 15.4 Å². The molecule has 146 valence electrons. The highest BCUT2D eigenvalue weighted by Crippen LogP contribution is 2.24. The van der Waals surface area contributed by atoms with Crippen molar-refractivity contribution in [3.8, 4) is 11.4 Å². The zero-order valence-corrected chi connectivity index (χ0v) is 16.3. The van der Waals surface area contributed by atoms with Crippen molar-refractivity contribution in [2.75, 3.05) is 12.4 Å². The Hall–Kier alpha value is -3.52. The van der Waals surface area contributed by atoms with Gasteiger partial charge in [-0.05, 0) is 29.8 Å². The molecular weight excluding hydrogens is 391 g/mol. The Bertz CT molecular complexity index is 1140. The number of rotatable bonds is 6. The summed E-state index contributed by atoms with van der Waals surface area (Å²) in [6.45, 7) is 0. The highest BCUT2D eigenvalue weighted by Gasteiger charge is 2.19. The van der Waals surface area contributed by atoms with Crippen LogP contribution >= 0.6 is 11.3 Å². The van der Waals surface area contributed by atoms with E-state index < -0.39 is 5.91 Å². The molecule has 0 unspecified atom stereocenters. The Morgan fingerprint density at radius 1 is 1.21 bits per heavy atom. The second kappa shape index (κ2) is 8.24. The third-order valence-electron chi connectivity index (χ3n) is 4.18. The molecule has 2 aromatic carbocycles. The number of thiazole rings is 1. The number of benzene rings is 2. The Labute approximate surface area is 170 Å². The van der Waals surface area contributed by atoms with Crippen LogP contribution in [0.1, 0.15) is 20.9 Å². The van der Waals surface area contributed by atoms with Crippen LogP contribution in [0.3, 0.4) is 0 Å². The predicted molar refractivity (Wildman–Crippen MR) is 109 cm³/mol. The number of hydrogen-bond acceptors (Lipinski definition) is 5. The Balaban J connectivity index is 1.50. The van der Waals surface area contributed by atoms with E-state index in [1.807, 2.05) is 36.4 Å². The van der Waals surface area contributed by atoms with Crippen LogP contribution in [-0.2, 0) is 6.42 Å². The Morgan fingerprint density at radius 3 is 2.79 bits per heavy atom. The first-order chi connectivity index (χ1) is 14.1. The molecule has 2 heterocycles. The van der Waals surface area contributed by atoms with Gasteiger partial charge in [-0.2, -0.15) is 5.10 Å². The van der Waals surface area contributed by atoms with Gasteiger partial charge in [0.05, 0.1) is 19.0 Å². The highest BCUT2D eigenvalue weighted by atomic mass is 32.1. The highest BCUT2D eigenvalue weighted by molar-refractivity contribution is 7.15. The van der Waals surface area contributed by atoms with Crippen LogP contribution in [0.5, 0.6) is 5.75 Å². The van der Waals surface area contributed by atoms with Crippen molar-refractivity contribution in [2.45, 2.75) is 6.42 Å². The van der Waals surface area contributed by atoms with E-state index >= 15 is 0 Å². The molecule has 0 radical (unpaired) electrons. The summed E-state index contributed by atoms with van der Waals surface area (Å²) in [5, 5.41) is 7.54. The second-order valence-electron chi connectivity index (χ2n) is 6.22. The van der Waals surface area contributed by atoms with Gasteiger partial charge in [-0.3, -0.25) is 10.1 Å². The number of halogens is 1. The lowest BCUT2D eigenvalue weighted by Crippen LogP contribution is -2.14. The van der Waals surface area contributed by atoms with E-state index in [9.17, 15) is 9.18 Å². The van der Waals surface area contributed by atoms with Gasteiger partial charge in [0.25, 0.3) is 5.91 Å². The number of amides is 1. The monoisotopic (exact) mass is 408 g/mol. The first-order valence-corrected chi connectivity index (χ1v) is 9.63. The van der Waals surface area contributed by atoms with E-state index in [-0.39, 0.29) is 11.5 Å². The molecular formula is C21H17FN4O2S. The van der Waals surface area contributed by atoms with Crippen molar-refractivity contribution in [1.82, 2.24) is 14.8 Å². The zero-order chi connectivity index (χ0) is 20.2. The molecule has 0 fully saturated rings. The maximum Gasteiger partial charge on any atom is 0.281 e. The van der Waals surface area contributed by atoms with Gasteiger partial charge in [0, 0.05) is 17.5 Å². The molecule has 0 saturated carbocycles. The summed E-state index contributed by atoms with van der Waals surface area (Å²) in [7, 11) is 1.49. The van der Waals surface area contributed by atoms with Gasteiger partial charge in [0.1, 0.15) is 5.82 Å². The van der Waals surface area contributed by atoms with Crippen LogP contribution in [0.2, 0.25) is 0 Å². The van der Waals surface area contributed by atoms with E-state index in [4.69, 9.17) is 4.74 Å². The first kappa shape index (κ1) is 18.8. The molecule has 8 heteroatoms. The lowest BCUT2D eigenvalue weighted by atomic mass is 10.1. The number of anilines is 1. The standard InChI is InChI=1S/C21H17FN4O2S/c1-28-18-13-26(16-8-3-2-4-9-16)25-19(18)20(27)24-21-23-12-17(29-21)11-14-6-5-7-15(22)10-14/h2-10,12-13H,11H2,1H3,(H,23,24,27). The van der Waals surface area contributed by atoms with E-state index in [0.29, 0.717) is 17.3 Å². The van der Waals surface area contributed by atoms with Crippen molar-refractivity contribution in [3.63, 3.8) is 0 Å². The van der Waals surface area contributed by atoms with E-state index in [1.54, 1.807) is 23.1 Å². The lowest BCUT2D eigenvalue weighted by Gasteiger charge is -2.01. The van der Waals surface area contributed by atoms with Gasteiger partial charge in [-0.15, -0.1) is 11.3 Å². The maximum absolute atomic E-state index is 13.3. The van der Waals surface area contributed by atoms with Gasteiger partial charge >= 0.3 is 0 Å². The molecule has 2 aromatic heterocycles. The van der Waals surface area contributed by atoms with Gasteiger partial charge < -0.3 is 4.74 Å². The minimum absolute atomic E-state index is 0.165. The third kappa shape index (κ3) is 4.33. The Morgan fingerprint density at radius 2 is 2.03 bits per heavy atom. The zero-order valence-electron chi connectivity index (χ0n) is 15.5. The van der Waals surface area contributed by atoms with Crippen molar-refractivity contribution in [1.29, 1.82) is 0 Å². The lowest BCUT2D eigenvalue weighted by molar-refractivity contribution is 0.101. The van der Waals surface area contributed by atoms with Crippen LogP contribution in [0.15, 0.2) is 67.0 Å². The van der Waals surface area contributed by atoms with Crippen LogP contribution in [0.25, 0.3) is 5.69 Å². The molecule has 1 amide bonds. The number of methoxy groups -OCH3 is 1. The number of nitrogens with zero attached hydrogens (tertiary/aromatic N) is 3. The summed E-state index contributed by atoms with van der Waals surface area (Å²) in [5.41, 5.74) is 1.82. The number of carbonyl (C=O) groups excluding carboxylic acids is 1. The van der Waals surface area contributed by atoms with Gasteiger partial charge in [0.2, 0.25) is 0 Å². The van der Waals surface area contributed by atoms with Crippen LogP contribution in [0, 0.1) is 5.82 Å². The van der Waals surface area contributed by atoms with Crippen molar-refractivity contribution < 1.29 is 13.9 Å². The quantitative estimate of drug-likeness (QED) is 0.516. The summed E-state index contributed by atoms with van der Waals surface area (Å²) in [6, 6.07) is 15.9. The minimum atomic E-state index is -0.414. The number of ether oxygens (including phenoxy) is 1. The molecule has 0 bridgehead atoms. The van der Waals surface area contributed by atoms with Gasteiger partial charge in [-0.25, -0.2) is 14.1 Å². The van der Waals surface area contributed by atoms with Gasteiger partial charge in [0.15, 0.2) is 16.6 Å². The number of para-hydroxylation sites is 1. The number of hydrogen-bond donors (Lipinski definition) is 1. The fourth-order valence-corrected chi connectivity index (χ4v) is 3.67. The predicted octanol–water partition coefficient (Wildman–Crippen LogP) is 4.32. The number of carbonyl (C=O) groups is 1. The number of aromatic nitrogens is 3. The molecule has 0 saturated heterocycles. The van der Waals surface area contributed by atoms with Crippen LogP contribution in [-0.4, -0.2) is 27.8 Å². The van der Waals surface area contributed by atoms with Crippen molar-refractivity contribution in [2.24, 2.45) is 0 Å². The molecule has 0 spiro atoms. The van der Waals surface area contributed by atoms with Crippen LogP contribution in [0.4, 0.5) is 9.52 Å². The Kier molecular flexibility index (Phi) is 5.35. The topological polar surface area (TPSA) is 69.0 Å². The molecule has 0 atom stereocenters. The largest absolute Gasteiger partial charge is 0.493 e. The average molecular weight is 408 g/mol. The summed E-state index contributed by atoms with van der Waals surface area (Å²) < 4.78 is 20.2. The summed E-state index contributed by atoms with van der Waals surface area (Å²) in [4.78, 5) is 17.8. The SMILES string of the molecule is COc1cn(-c2ccccc2)nc1C(=O)Nc1ncc(Cc2cccc(F)c2)s1. The fraction of sp³-hybridized carbons (Fsp3) is 0.0952. The molecule has 1 N–H and O–H groups in total. The normalized spacial score (nSPS) is 10.7.